The second-order valence-corrected chi connectivity index (χ2v) is 5.85. The summed E-state index contributed by atoms with van der Waals surface area (Å²) in [6.45, 7) is 2.99. The average molecular weight is 335 g/mol. The molecule has 0 fully saturated rings. The van der Waals surface area contributed by atoms with Crippen molar-refractivity contribution in [3.05, 3.63) is 34.3 Å². The Labute approximate surface area is 121 Å². The number of benzene rings is 1. The van der Waals surface area contributed by atoms with Crippen LogP contribution in [-0.4, -0.2) is 42.9 Å². The summed E-state index contributed by atoms with van der Waals surface area (Å²) in [6.07, 6.45) is 0. The van der Waals surface area contributed by atoms with Gasteiger partial charge in [-0.15, -0.1) is 0 Å². The SMILES string of the molecule is COCC(Br)CN(C)C(=O)c1cccc(Cl)c1C. The van der Waals surface area contributed by atoms with Crippen LogP contribution in [0.3, 0.4) is 0 Å². The first-order valence-corrected chi connectivity index (χ1v) is 6.90. The maximum atomic E-state index is 12.3. The lowest BCUT2D eigenvalue weighted by molar-refractivity contribution is 0.0783. The van der Waals surface area contributed by atoms with E-state index in [2.05, 4.69) is 15.9 Å². The highest BCUT2D eigenvalue weighted by molar-refractivity contribution is 9.09. The van der Waals surface area contributed by atoms with E-state index in [1.807, 2.05) is 6.92 Å². The Hall–Kier alpha value is -0.580. The molecule has 0 saturated heterocycles. The summed E-state index contributed by atoms with van der Waals surface area (Å²) in [5, 5.41) is 0.613. The standard InChI is InChI=1S/C13H17BrClNO2/c1-9-11(5-4-6-12(9)15)13(17)16(2)7-10(14)8-18-3/h4-6,10H,7-8H2,1-3H3. The highest BCUT2D eigenvalue weighted by Crippen LogP contribution is 2.20. The number of alkyl halides is 1. The van der Waals surface area contributed by atoms with Crippen LogP contribution >= 0.6 is 27.5 Å². The molecule has 1 unspecified atom stereocenters. The number of hydrogen-bond acceptors (Lipinski definition) is 2. The molecule has 1 amide bonds. The largest absolute Gasteiger partial charge is 0.383 e. The number of rotatable bonds is 5. The lowest BCUT2D eigenvalue weighted by Crippen LogP contribution is -2.34. The molecular weight excluding hydrogens is 318 g/mol. The van der Waals surface area contributed by atoms with Gasteiger partial charge in [0, 0.05) is 31.3 Å². The van der Waals surface area contributed by atoms with Crippen LogP contribution in [-0.2, 0) is 4.74 Å². The van der Waals surface area contributed by atoms with Crippen molar-refractivity contribution in [1.82, 2.24) is 4.90 Å². The number of halogens is 2. The van der Waals surface area contributed by atoms with Gasteiger partial charge in [-0.2, -0.15) is 0 Å². The maximum Gasteiger partial charge on any atom is 0.253 e. The van der Waals surface area contributed by atoms with Gasteiger partial charge in [0.05, 0.1) is 11.4 Å². The topological polar surface area (TPSA) is 29.5 Å². The molecule has 1 aromatic rings. The van der Waals surface area contributed by atoms with Gasteiger partial charge in [0.25, 0.3) is 5.91 Å². The van der Waals surface area contributed by atoms with Gasteiger partial charge < -0.3 is 9.64 Å². The Morgan fingerprint density at radius 2 is 2.22 bits per heavy atom. The minimum atomic E-state index is -0.0319. The molecule has 0 saturated carbocycles. The van der Waals surface area contributed by atoms with Gasteiger partial charge in [-0.3, -0.25) is 4.79 Å². The number of carbonyl (C=O) groups is 1. The fraction of sp³-hybridized carbons (Fsp3) is 0.462. The van der Waals surface area contributed by atoms with Crippen molar-refractivity contribution in [2.24, 2.45) is 0 Å². The highest BCUT2D eigenvalue weighted by atomic mass is 79.9. The first-order chi connectivity index (χ1) is 8.47. The lowest BCUT2D eigenvalue weighted by atomic mass is 10.1. The van der Waals surface area contributed by atoms with Crippen LogP contribution in [0, 0.1) is 6.92 Å². The number of methoxy groups -OCH3 is 1. The summed E-state index contributed by atoms with van der Waals surface area (Å²) < 4.78 is 5.03. The molecule has 0 aromatic heterocycles. The Morgan fingerprint density at radius 1 is 1.56 bits per heavy atom. The molecule has 0 bridgehead atoms. The Bertz CT molecular complexity index is 425. The molecule has 3 nitrogen and oxygen atoms in total. The Morgan fingerprint density at radius 3 is 2.83 bits per heavy atom. The molecule has 0 heterocycles. The van der Waals surface area contributed by atoms with Crippen molar-refractivity contribution < 1.29 is 9.53 Å². The predicted molar refractivity (Wildman–Crippen MR) is 77.7 cm³/mol. The molecule has 0 radical (unpaired) electrons. The summed E-state index contributed by atoms with van der Waals surface area (Å²) in [4.78, 5) is 14.0. The van der Waals surface area contributed by atoms with E-state index in [1.165, 1.54) is 0 Å². The zero-order chi connectivity index (χ0) is 13.7. The highest BCUT2D eigenvalue weighted by Gasteiger charge is 2.17. The summed E-state index contributed by atoms with van der Waals surface area (Å²) in [5.74, 6) is -0.0319. The number of amides is 1. The zero-order valence-corrected chi connectivity index (χ0v) is 13.1. The van der Waals surface area contributed by atoms with E-state index in [0.29, 0.717) is 23.7 Å². The molecule has 100 valence electrons. The van der Waals surface area contributed by atoms with Crippen molar-refractivity contribution in [2.75, 3.05) is 27.3 Å². The molecule has 0 aliphatic heterocycles. The van der Waals surface area contributed by atoms with E-state index in [4.69, 9.17) is 16.3 Å². The normalized spacial score (nSPS) is 12.3. The van der Waals surface area contributed by atoms with Crippen LogP contribution in [0.2, 0.25) is 5.02 Å². The summed E-state index contributed by atoms with van der Waals surface area (Å²) in [7, 11) is 3.41. The van der Waals surface area contributed by atoms with Crippen molar-refractivity contribution in [2.45, 2.75) is 11.8 Å². The predicted octanol–water partition coefficient (Wildman–Crippen LogP) is 3.13. The third kappa shape index (κ3) is 3.97. The van der Waals surface area contributed by atoms with E-state index in [-0.39, 0.29) is 10.7 Å². The van der Waals surface area contributed by atoms with E-state index in [9.17, 15) is 4.79 Å². The van der Waals surface area contributed by atoms with E-state index in [0.717, 1.165) is 5.56 Å². The fourth-order valence-corrected chi connectivity index (χ4v) is 2.53. The van der Waals surface area contributed by atoms with Crippen molar-refractivity contribution >= 4 is 33.4 Å². The molecule has 1 atom stereocenters. The summed E-state index contributed by atoms with van der Waals surface area (Å²) in [6, 6.07) is 5.36. The second-order valence-electron chi connectivity index (χ2n) is 4.15. The second kappa shape index (κ2) is 7.12. The van der Waals surface area contributed by atoms with Gasteiger partial charge >= 0.3 is 0 Å². The first kappa shape index (κ1) is 15.5. The molecule has 0 aliphatic carbocycles. The van der Waals surface area contributed by atoms with Crippen LogP contribution in [0.25, 0.3) is 0 Å². The maximum absolute atomic E-state index is 12.3. The smallest absolute Gasteiger partial charge is 0.253 e. The molecule has 0 N–H and O–H groups in total. The Kier molecular flexibility index (Phi) is 6.12. The first-order valence-electron chi connectivity index (χ1n) is 5.61. The number of nitrogens with zero attached hydrogens (tertiary/aromatic N) is 1. The van der Waals surface area contributed by atoms with Crippen LogP contribution in [0.4, 0.5) is 0 Å². The minimum Gasteiger partial charge on any atom is -0.383 e. The monoisotopic (exact) mass is 333 g/mol. The van der Waals surface area contributed by atoms with Crippen molar-refractivity contribution in [1.29, 1.82) is 0 Å². The van der Waals surface area contributed by atoms with Crippen molar-refractivity contribution in [3.8, 4) is 0 Å². The summed E-state index contributed by atoms with van der Waals surface area (Å²) >= 11 is 9.49. The molecular formula is C13H17BrClNO2. The Balaban J connectivity index is 2.77. The van der Waals surface area contributed by atoms with E-state index in [1.54, 1.807) is 37.3 Å². The molecule has 0 spiro atoms. The fourth-order valence-electron chi connectivity index (χ4n) is 1.66. The molecule has 5 heteroatoms. The van der Waals surface area contributed by atoms with Crippen LogP contribution in [0.5, 0.6) is 0 Å². The van der Waals surface area contributed by atoms with E-state index >= 15 is 0 Å². The van der Waals surface area contributed by atoms with Gasteiger partial charge in [0.1, 0.15) is 0 Å². The number of ether oxygens (including phenoxy) is 1. The van der Waals surface area contributed by atoms with Gasteiger partial charge in [-0.25, -0.2) is 0 Å². The number of carbonyl (C=O) groups excluding carboxylic acids is 1. The minimum absolute atomic E-state index is 0.0319. The van der Waals surface area contributed by atoms with Crippen LogP contribution in [0.1, 0.15) is 15.9 Å². The molecule has 0 aliphatic rings. The molecule has 1 rings (SSSR count). The van der Waals surface area contributed by atoms with Crippen molar-refractivity contribution in [3.63, 3.8) is 0 Å². The third-order valence-electron chi connectivity index (χ3n) is 2.66. The van der Waals surface area contributed by atoms with Gasteiger partial charge in [-0.05, 0) is 24.6 Å². The van der Waals surface area contributed by atoms with Gasteiger partial charge in [0.15, 0.2) is 0 Å². The van der Waals surface area contributed by atoms with Crippen LogP contribution < -0.4 is 0 Å². The van der Waals surface area contributed by atoms with Gasteiger partial charge in [0.2, 0.25) is 0 Å². The number of hydrogen-bond donors (Lipinski definition) is 0. The van der Waals surface area contributed by atoms with Crippen LogP contribution in [0.15, 0.2) is 18.2 Å². The summed E-state index contributed by atoms with van der Waals surface area (Å²) in [5.41, 5.74) is 1.45. The zero-order valence-electron chi connectivity index (χ0n) is 10.7. The third-order valence-corrected chi connectivity index (χ3v) is 3.63. The molecule has 18 heavy (non-hydrogen) atoms. The van der Waals surface area contributed by atoms with E-state index < -0.39 is 0 Å². The average Bonchev–Trinajstić information content (AvgIpc) is 2.32. The quantitative estimate of drug-likeness (QED) is 0.774. The van der Waals surface area contributed by atoms with Gasteiger partial charge in [-0.1, -0.05) is 33.6 Å². The lowest BCUT2D eigenvalue weighted by Gasteiger charge is -2.21. The molecule has 1 aromatic carbocycles.